The van der Waals surface area contributed by atoms with E-state index in [9.17, 15) is 9.59 Å². The van der Waals surface area contributed by atoms with Crippen LogP contribution in [0.3, 0.4) is 0 Å². The van der Waals surface area contributed by atoms with Crippen LogP contribution in [0.25, 0.3) is 0 Å². The number of likely N-dealkylation sites (N-methyl/N-ethyl adjacent to an activating group) is 1. The zero-order valence-electron chi connectivity index (χ0n) is 7.94. The highest BCUT2D eigenvalue weighted by Gasteiger charge is 2.19. The van der Waals surface area contributed by atoms with E-state index in [0.717, 1.165) is 11.3 Å². The van der Waals surface area contributed by atoms with Gasteiger partial charge < -0.3 is 10.6 Å². The predicted octanol–water partition coefficient (Wildman–Crippen LogP) is 0.139. The Morgan fingerprint density at radius 3 is 2.60 bits per heavy atom. The third-order valence-corrected chi connectivity index (χ3v) is 2.61. The minimum absolute atomic E-state index is 0.132. The molecule has 82 valence electrons. The van der Waals surface area contributed by atoms with Gasteiger partial charge in [0.1, 0.15) is 0 Å². The van der Waals surface area contributed by atoms with Gasteiger partial charge in [0.05, 0.1) is 6.54 Å². The van der Waals surface area contributed by atoms with E-state index in [2.05, 4.69) is 10.2 Å². The van der Waals surface area contributed by atoms with E-state index in [1.807, 2.05) is 0 Å². The van der Waals surface area contributed by atoms with Crippen molar-refractivity contribution in [3.63, 3.8) is 0 Å². The Morgan fingerprint density at radius 2 is 2.20 bits per heavy atom. The molecule has 8 heteroatoms. The highest BCUT2D eigenvalue weighted by atomic mass is 35.5. The van der Waals surface area contributed by atoms with Gasteiger partial charge in [-0.3, -0.25) is 9.59 Å². The smallest absolute Gasteiger partial charge is 0.285 e. The zero-order valence-corrected chi connectivity index (χ0v) is 9.51. The van der Waals surface area contributed by atoms with E-state index in [0.29, 0.717) is 6.54 Å². The second-order valence-electron chi connectivity index (χ2n) is 2.65. The molecule has 0 fully saturated rings. The number of hydrogen-bond donors (Lipinski definition) is 1. The third-order valence-electron chi connectivity index (χ3n) is 1.60. The van der Waals surface area contributed by atoms with Gasteiger partial charge in [-0.1, -0.05) is 11.3 Å². The SMILES string of the molecule is CCN(CC(N)=O)C(=O)c1nnc(Cl)s1. The Balaban J connectivity index is 2.77. The summed E-state index contributed by atoms with van der Waals surface area (Å²) >= 11 is 6.51. The number of aromatic nitrogens is 2. The summed E-state index contributed by atoms with van der Waals surface area (Å²) in [6.45, 7) is 1.98. The number of hydrogen-bond acceptors (Lipinski definition) is 5. The average Bonchev–Trinajstić information content (AvgIpc) is 2.60. The molecular weight excluding hydrogens is 240 g/mol. The molecular formula is C7H9ClN4O2S. The summed E-state index contributed by atoms with van der Waals surface area (Å²) in [4.78, 5) is 23.6. The monoisotopic (exact) mass is 248 g/mol. The van der Waals surface area contributed by atoms with Crippen LogP contribution in [-0.2, 0) is 4.79 Å². The molecule has 0 spiro atoms. The van der Waals surface area contributed by atoms with Gasteiger partial charge in [0.15, 0.2) is 0 Å². The summed E-state index contributed by atoms with van der Waals surface area (Å²) in [5.74, 6) is -0.957. The van der Waals surface area contributed by atoms with Gasteiger partial charge in [0.25, 0.3) is 5.91 Å². The van der Waals surface area contributed by atoms with Crippen molar-refractivity contribution >= 4 is 34.8 Å². The molecule has 0 saturated heterocycles. The minimum atomic E-state index is -0.569. The van der Waals surface area contributed by atoms with Crippen LogP contribution < -0.4 is 5.73 Å². The molecule has 1 aromatic heterocycles. The maximum atomic E-state index is 11.7. The molecule has 0 aliphatic rings. The summed E-state index contributed by atoms with van der Waals surface area (Å²) in [6, 6.07) is 0. The molecule has 0 aliphatic heterocycles. The van der Waals surface area contributed by atoms with Crippen molar-refractivity contribution in [1.29, 1.82) is 0 Å². The van der Waals surface area contributed by atoms with Crippen molar-refractivity contribution in [3.05, 3.63) is 9.47 Å². The highest BCUT2D eigenvalue weighted by Crippen LogP contribution is 2.16. The van der Waals surface area contributed by atoms with Crippen LogP contribution in [0.5, 0.6) is 0 Å². The van der Waals surface area contributed by atoms with Crippen LogP contribution in [0, 0.1) is 0 Å². The molecule has 1 aromatic rings. The van der Waals surface area contributed by atoms with Crippen molar-refractivity contribution < 1.29 is 9.59 Å². The Kier molecular flexibility index (Phi) is 3.98. The van der Waals surface area contributed by atoms with Gasteiger partial charge in [0, 0.05) is 6.54 Å². The zero-order chi connectivity index (χ0) is 11.4. The maximum absolute atomic E-state index is 11.7. The number of primary amides is 1. The lowest BCUT2D eigenvalue weighted by Crippen LogP contribution is -2.38. The second kappa shape index (κ2) is 5.04. The number of carbonyl (C=O) groups excluding carboxylic acids is 2. The maximum Gasteiger partial charge on any atom is 0.285 e. The number of nitrogens with two attached hydrogens (primary N) is 1. The molecule has 0 radical (unpaired) electrons. The van der Waals surface area contributed by atoms with Crippen LogP contribution in [0.4, 0.5) is 0 Å². The molecule has 0 aromatic carbocycles. The van der Waals surface area contributed by atoms with Gasteiger partial charge >= 0.3 is 0 Å². The number of amides is 2. The molecule has 0 unspecified atom stereocenters. The molecule has 2 amide bonds. The van der Waals surface area contributed by atoms with Crippen molar-refractivity contribution in [3.8, 4) is 0 Å². The standard InChI is InChI=1S/C7H9ClN4O2S/c1-2-12(3-4(9)13)6(14)5-10-11-7(8)15-5/h2-3H2,1H3,(H2,9,13). The molecule has 2 N–H and O–H groups in total. The largest absolute Gasteiger partial charge is 0.368 e. The molecule has 0 saturated carbocycles. The van der Waals surface area contributed by atoms with Crippen molar-refractivity contribution in [1.82, 2.24) is 15.1 Å². The summed E-state index contributed by atoms with van der Waals surface area (Å²) < 4.78 is 0.188. The van der Waals surface area contributed by atoms with E-state index in [-0.39, 0.29) is 21.9 Å². The van der Waals surface area contributed by atoms with E-state index < -0.39 is 5.91 Å². The number of halogens is 1. The average molecular weight is 249 g/mol. The summed E-state index contributed by atoms with van der Waals surface area (Å²) in [5.41, 5.74) is 5.00. The van der Waals surface area contributed by atoms with Crippen LogP contribution >= 0.6 is 22.9 Å². The number of carbonyl (C=O) groups is 2. The third kappa shape index (κ3) is 3.14. The fraction of sp³-hybridized carbons (Fsp3) is 0.429. The molecule has 0 atom stereocenters. The Labute approximate surface area is 95.0 Å². The number of nitrogens with zero attached hydrogens (tertiary/aromatic N) is 3. The minimum Gasteiger partial charge on any atom is -0.368 e. The lowest BCUT2D eigenvalue weighted by atomic mass is 10.4. The van der Waals surface area contributed by atoms with E-state index >= 15 is 0 Å². The summed E-state index contributed by atoms with van der Waals surface area (Å²) in [5, 5.41) is 7.24. The Bertz CT molecular complexity index is 381. The van der Waals surface area contributed by atoms with Gasteiger partial charge in [-0.25, -0.2) is 0 Å². The molecule has 6 nitrogen and oxygen atoms in total. The predicted molar refractivity (Wildman–Crippen MR) is 55.7 cm³/mol. The topological polar surface area (TPSA) is 89.2 Å². The van der Waals surface area contributed by atoms with Crippen LogP contribution in [0.15, 0.2) is 0 Å². The van der Waals surface area contributed by atoms with Gasteiger partial charge in [0.2, 0.25) is 15.4 Å². The Hall–Kier alpha value is -1.21. The molecule has 15 heavy (non-hydrogen) atoms. The van der Waals surface area contributed by atoms with E-state index in [1.54, 1.807) is 6.92 Å². The summed E-state index contributed by atoms with van der Waals surface area (Å²) in [7, 11) is 0. The second-order valence-corrected chi connectivity index (χ2v) is 4.21. The lowest BCUT2D eigenvalue weighted by Gasteiger charge is -2.16. The first-order chi connectivity index (χ1) is 7.04. The highest BCUT2D eigenvalue weighted by molar-refractivity contribution is 7.17. The first-order valence-electron chi connectivity index (χ1n) is 4.11. The normalized spacial score (nSPS) is 10.0. The van der Waals surface area contributed by atoms with Gasteiger partial charge in [-0.15, -0.1) is 10.2 Å². The van der Waals surface area contributed by atoms with E-state index in [4.69, 9.17) is 17.3 Å². The fourth-order valence-corrected chi connectivity index (χ4v) is 1.74. The van der Waals surface area contributed by atoms with Crippen LogP contribution in [-0.4, -0.2) is 40.0 Å². The van der Waals surface area contributed by atoms with Crippen molar-refractivity contribution in [2.24, 2.45) is 5.73 Å². The first kappa shape index (κ1) is 11.9. The lowest BCUT2D eigenvalue weighted by molar-refractivity contribution is -0.118. The van der Waals surface area contributed by atoms with E-state index in [1.165, 1.54) is 4.90 Å². The number of rotatable bonds is 4. The molecule has 0 aliphatic carbocycles. The quantitative estimate of drug-likeness (QED) is 0.821. The van der Waals surface area contributed by atoms with Crippen LogP contribution in [0.2, 0.25) is 4.47 Å². The van der Waals surface area contributed by atoms with Gasteiger partial charge in [-0.2, -0.15) is 0 Å². The van der Waals surface area contributed by atoms with Crippen molar-refractivity contribution in [2.75, 3.05) is 13.1 Å². The van der Waals surface area contributed by atoms with Crippen molar-refractivity contribution in [2.45, 2.75) is 6.92 Å². The Morgan fingerprint density at radius 1 is 1.53 bits per heavy atom. The molecule has 1 rings (SSSR count). The van der Waals surface area contributed by atoms with Crippen LogP contribution in [0.1, 0.15) is 16.7 Å². The fourth-order valence-electron chi connectivity index (χ4n) is 0.942. The molecule has 0 bridgehead atoms. The molecule has 1 heterocycles. The summed E-state index contributed by atoms with van der Waals surface area (Å²) in [6.07, 6.45) is 0. The first-order valence-corrected chi connectivity index (χ1v) is 5.30. The van der Waals surface area contributed by atoms with Gasteiger partial charge in [-0.05, 0) is 18.5 Å².